The van der Waals surface area contributed by atoms with E-state index in [9.17, 15) is 4.79 Å². The van der Waals surface area contributed by atoms with Crippen LogP contribution in [0, 0.1) is 5.92 Å². The summed E-state index contributed by atoms with van der Waals surface area (Å²) in [7, 11) is 0. The molecule has 2 aromatic rings. The van der Waals surface area contributed by atoms with Gasteiger partial charge in [0.25, 0.3) is 0 Å². The van der Waals surface area contributed by atoms with Gasteiger partial charge in [-0.05, 0) is 25.7 Å². The molecule has 1 aliphatic heterocycles. The van der Waals surface area contributed by atoms with Gasteiger partial charge in [0, 0.05) is 18.7 Å². The SMILES string of the molecule is CC1CCN(C(=O)[C@@H](C)Sc2n[nH]c(-c3ccccc3)n2)CC1. The second-order valence-electron chi connectivity index (χ2n) is 6.10. The number of likely N-dealkylation sites (tertiary alicyclic amines) is 1. The number of carbonyl (C=O) groups is 1. The lowest BCUT2D eigenvalue weighted by atomic mass is 9.99. The fraction of sp³-hybridized carbons (Fsp3) is 0.471. The van der Waals surface area contributed by atoms with Gasteiger partial charge in [0.05, 0.1) is 5.25 Å². The van der Waals surface area contributed by atoms with Crippen LogP contribution in [-0.4, -0.2) is 44.3 Å². The monoisotopic (exact) mass is 330 g/mol. The first-order chi connectivity index (χ1) is 11.1. The van der Waals surface area contributed by atoms with Crippen LogP contribution in [0.1, 0.15) is 26.7 Å². The van der Waals surface area contributed by atoms with Crippen molar-refractivity contribution in [3.63, 3.8) is 0 Å². The maximum atomic E-state index is 12.5. The molecule has 2 heterocycles. The Labute approximate surface area is 140 Å². The van der Waals surface area contributed by atoms with Gasteiger partial charge in [0.15, 0.2) is 5.82 Å². The molecule has 1 aromatic heterocycles. The Balaban J connectivity index is 1.61. The Bertz CT molecular complexity index is 650. The fourth-order valence-corrected chi connectivity index (χ4v) is 3.53. The van der Waals surface area contributed by atoms with E-state index in [4.69, 9.17) is 0 Å². The second-order valence-corrected chi connectivity index (χ2v) is 7.41. The molecule has 0 saturated carbocycles. The summed E-state index contributed by atoms with van der Waals surface area (Å²) in [4.78, 5) is 19.0. The van der Waals surface area contributed by atoms with Gasteiger partial charge in [-0.1, -0.05) is 49.0 Å². The topological polar surface area (TPSA) is 61.9 Å². The molecule has 0 spiro atoms. The van der Waals surface area contributed by atoms with Crippen molar-refractivity contribution in [1.29, 1.82) is 0 Å². The van der Waals surface area contributed by atoms with Crippen LogP contribution in [0.15, 0.2) is 35.5 Å². The predicted octanol–water partition coefficient (Wildman–Crippen LogP) is 3.21. The highest BCUT2D eigenvalue weighted by Crippen LogP contribution is 2.25. The highest BCUT2D eigenvalue weighted by molar-refractivity contribution is 8.00. The third-order valence-electron chi connectivity index (χ3n) is 4.24. The average molecular weight is 330 g/mol. The molecular weight excluding hydrogens is 308 g/mol. The van der Waals surface area contributed by atoms with Crippen molar-refractivity contribution in [2.75, 3.05) is 13.1 Å². The van der Waals surface area contributed by atoms with E-state index >= 15 is 0 Å². The Morgan fingerprint density at radius 1 is 1.30 bits per heavy atom. The lowest BCUT2D eigenvalue weighted by molar-refractivity contribution is -0.131. The third kappa shape index (κ3) is 3.93. The molecule has 1 fully saturated rings. The summed E-state index contributed by atoms with van der Waals surface area (Å²) in [5, 5.41) is 7.63. The molecule has 0 aliphatic carbocycles. The minimum atomic E-state index is -0.164. The molecule has 1 aliphatic rings. The summed E-state index contributed by atoms with van der Waals surface area (Å²) in [6, 6.07) is 9.87. The molecule has 1 atom stereocenters. The summed E-state index contributed by atoms with van der Waals surface area (Å²) < 4.78 is 0. The molecule has 6 heteroatoms. The molecule has 0 radical (unpaired) electrons. The van der Waals surface area contributed by atoms with E-state index in [2.05, 4.69) is 22.1 Å². The van der Waals surface area contributed by atoms with Crippen molar-refractivity contribution in [2.24, 2.45) is 5.92 Å². The van der Waals surface area contributed by atoms with E-state index < -0.39 is 0 Å². The summed E-state index contributed by atoms with van der Waals surface area (Å²) in [5.41, 5.74) is 0.996. The molecule has 3 rings (SSSR count). The van der Waals surface area contributed by atoms with Crippen LogP contribution in [0.5, 0.6) is 0 Å². The molecular formula is C17H22N4OS. The zero-order valence-electron chi connectivity index (χ0n) is 13.5. The quantitative estimate of drug-likeness (QED) is 0.875. The van der Waals surface area contributed by atoms with Crippen LogP contribution in [0.25, 0.3) is 11.4 Å². The lowest BCUT2D eigenvalue weighted by Gasteiger charge is -2.31. The van der Waals surface area contributed by atoms with Crippen molar-refractivity contribution in [3.05, 3.63) is 30.3 Å². The Kier molecular flexibility index (Phi) is 5.00. The summed E-state index contributed by atoms with van der Waals surface area (Å²) >= 11 is 1.42. The maximum absolute atomic E-state index is 12.5. The van der Waals surface area contributed by atoms with Crippen molar-refractivity contribution < 1.29 is 4.79 Å². The van der Waals surface area contributed by atoms with Crippen LogP contribution in [0.2, 0.25) is 0 Å². The van der Waals surface area contributed by atoms with Gasteiger partial charge in [0.1, 0.15) is 0 Å². The van der Waals surface area contributed by atoms with E-state index in [0.29, 0.717) is 5.16 Å². The highest BCUT2D eigenvalue weighted by atomic mass is 32.2. The van der Waals surface area contributed by atoms with Gasteiger partial charge in [-0.15, -0.1) is 5.10 Å². The van der Waals surface area contributed by atoms with Crippen molar-refractivity contribution in [2.45, 2.75) is 37.1 Å². The van der Waals surface area contributed by atoms with E-state index in [0.717, 1.165) is 43.2 Å². The van der Waals surface area contributed by atoms with Crippen LogP contribution in [-0.2, 0) is 4.79 Å². The zero-order valence-corrected chi connectivity index (χ0v) is 14.3. The molecule has 1 amide bonds. The van der Waals surface area contributed by atoms with E-state index in [1.807, 2.05) is 42.2 Å². The Morgan fingerprint density at radius 2 is 2.00 bits per heavy atom. The number of benzene rings is 1. The van der Waals surface area contributed by atoms with Crippen LogP contribution in [0.3, 0.4) is 0 Å². The summed E-state index contributed by atoms with van der Waals surface area (Å²) in [6.45, 7) is 5.92. The van der Waals surface area contributed by atoms with E-state index in [-0.39, 0.29) is 11.2 Å². The molecule has 1 saturated heterocycles. The number of aromatic nitrogens is 3. The largest absolute Gasteiger partial charge is 0.342 e. The van der Waals surface area contributed by atoms with Crippen molar-refractivity contribution in [1.82, 2.24) is 20.1 Å². The molecule has 0 unspecified atom stereocenters. The lowest BCUT2D eigenvalue weighted by Crippen LogP contribution is -2.41. The first-order valence-electron chi connectivity index (χ1n) is 8.06. The number of nitrogens with one attached hydrogen (secondary N) is 1. The standard InChI is InChI=1S/C17H22N4OS/c1-12-8-10-21(11-9-12)16(22)13(2)23-17-18-15(19-20-17)14-6-4-3-5-7-14/h3-7,12-13H,8-11H2,1-2H3,(H,18,19,20)/t13-/m1/s1. The zero-order chi connectivity index (χ0) is 16.2. The number of thioether (sulfide) groups is 1. The van der Waals surface area contributed by atoms with Crippen molar-refractivity contribution >= 4 is 17.7 Å². The first kappa shape index (κ1) is 16.1. The molecule has 1 aromatic carbocycles. The maximum Gasteiger partial charge on any atom is 0.235 e. The normalized spacial score (nSPS) is 17.2. The number of H-pyrrole nitrogens is 1. The van der Waals surface area contributed by atoms with Gasteiger partial charge in [-0.3, -0.25) is 9.89 Å². The number of hydrogen-bond donors (Lipinski definition) is 1. The summed E-state index contributed by atoms with van der Waals surface area (Å²) in [6.07, 6.45) is 2.20. The van der Waals surface area contributed by atoms with Crippen molar-refractivity contribution in [3.8, 4) is 11.4 Å². The Hall–Kier alpha value is -1.82. The summed E-state index contributed by atoms with van der Waals surface area (Å²) in [5.74, 6) is 1.65. The van der Waals surface area contributed by atoms with Crippen LogP contribution >= 0.6 is 11.8 Å². The van der Waals surface area contributed by atoms with E-state index in [1.54, 1.807) is 0 Å². The number of aromatic amines is 1. The highest BCUT2D eigenvalue weighted by Gasteiger charge is 2.26. The number of piperidine rings is 1. The number of carbonyl (C=O) groups excluding carboxylic acids is 1. The predicted molar refractivity (Wildman–Crippen MR) is 92.1 cm³/mol. The molecule has 1 N–H and O–H groups in total. The third-order valence-corrected chi connectivity index (χ3v) is 5.19. The molecule has 23 heavy (non-hydrogen) atoms. The smallest absolute Gasteiger partial charge is 0.235 e. The number of amides is 1. The Morgan fingerprint density at radius 3 is 2.70 bits per heavy atom. The fourth-order valence-electron chi connectivity index (χ4n) is 2.72. The number of hydrogen-bond acceptors (Lipinski definition) is 4. The number of rotatable bonds is 4. The number of nitrogens with zero attached hydrogens (tertiary/aromatic N) is 3. The van der Waals surface area contributed by atoms with E-state index in [1.165, 1.54) is 11.8 Å². The van der Waals surface area contributed by atoms with Gasteiger partial charge in [-0.2, -0.15) is 0 Å². The molecule has 0 bridgehead atoms. The van der Waals surface area contributed by atoms with Gasteiger partial charge in [0.2, 0.25) is 11.1 Å². The van der Waals surface area contributed by atoms with Gasteiger partial charge in [-0.25, -0.2) is 4.98 Å². The van der Waals surface area contributed by atoms with Crippen LogP contribution in [0.4, 0.5) is 0 Å². The van der Waals surface area contributed by atoms with Gasteiger partial charge >= 0.3 is 0 Å². The second kappa shape index (κ2) is 7.17. The average Bonchev–Trinajstić information content (AvgIpc) is 3.04. The minimum absolute atomic E-state index is 0.164. The van der Waals surface area contributed by atoms with Crippen LogP contribution < -0.4 is 0 Å². The molecule has 122 valence electrons. The van der Waals surface area contributed by atoms with Gasteiger partial charge < -0.3 is 4.90 Å². The molecule has 5 nitrogen and oxygen atoms in total. The first-order valence-corrected chi connectivity index (χ1v) is 8.94. The minimum Gasteiger partial charge on any atom is -0.342 e.